The Kier molecular flexibility index (Phi) is 34.3. The minimum atomic E-state index is -0.530. The molecule has 0 spiro atoms. The van der Waals surface area contributed by atoms with Crippen LogP contribution in [0.25, 0.3) is 0 Å². The van der Waals surface area contributed by atoms with Crippen LogP contribution in [0.4, 0.5) is 4.79 Å². The van der Waals surface area contributed by atoms with Gasteiger partial charge in [-0.15, -0.1) is 11.3 Å². The molecule has 1 aromatic carbocycles. The molecule has 1 aliphatic carbocycles. The number of nitrogens with one attached hydrogen (secondary N) is 4. The fraction of sp³-hybridized carbons (Fsp3) is 0.789. The van der Waals surface area contributed by atoms with Gasteiger partial charge in [0.1, 0.15) is 6.10 Å². The van der Waals surface area contributed by atoms with E-state index >= 15 is 0 Å². The number of carbonyl (C=O) groups excluding carboxylic acids is 3. The van der Waals surface area contributed by atoms with Crippen molar-refractivity contribution < 1.29 is 71.2 Å². The Morgan fingerprint density at radius 1 is 0.667 bits per heavy atom. The maximum Gasteiger partial charge on any atom is 0.315 e. The lowest BCUT2D eigenvalue weighted by atomic mass is 9.84. The van der Waals surface area contributed by atoms with E-state index in [1.807, 2.05) is 35.2 Å². The molecule has 6 rings (SSSR count). The summed E-state index contributed by atoms with van der Waals surface area (Å²) in [5, 5.41) is 14.3. The van der Waals surface area contributed by atoms with Crippen LogP contribution in [0.3, 0.4) is 0 Å². The summed E-state index contributed by atoms with van der Waals surface area (Å²) in [5.41, 5.74) is 2.36. The monoisotopic (exact) mass is 1200 g/mol. The normalized spacial score (nSPS) is 22.0. The highest BCUT2D eigenvalue weighted by atomic mass is 35.5. The standard InChI is InChI=1S/C57H93ClN6O15S2/c1-43-44(2)81-56(61-43)46-9-13-48(14-10-46)64-40-51(79-41-49(64)39-45-7-11-47(58)12-8-45)55(66)60-16-18-69-20-22-71-24-26-73-28-30-75-32-34-77-36-38-78-37-35-76-33-31-74-29-27-72-25-23-70-21-19-68-17-15-59-53(65)6-4-3-5-52-54-50(42-80-52)62-57(67)63-54/h7-8,11-12,46,48-52,54H,3-6,9-10,13-42H2,1-2H3,(H,59,65)(H,60,66)(H2,62,63,67)/t46?,48?,49-,50-,51+,52+,54+/m0/s1. The van der Waals surface area contributed by atoms with Crippen molar-refractivity contribution in [2.45, 2.75) is 113 Å². The largest absolute Gasteiger partial charge is 0.377 e. The molecule has 4 fully saturated rings. The molecule has 1 saturated carbocycles. The van der Waals surface area contributed by atoms with Gasteiger partial charge in [0, 0.05) is 65.0 Å². The van der Waals surface area contributed by atoms with Crippen LogP contribution in [-0.4, -0.2) is 241 Å². The number of thioether (sulfide) groups is 1. The lowest BCUT2D eigenvalue weighted by Gasteiger charge is -2.45. The number of benzene rings is 1. The van der Waals surface area contributed by atoms with Gasteiger partial charge in [-0.3, -0.25) is 14.5 Å². The molecule has 4 heterocycles. The van der Waals surface area contributed by atoms with Crippen LogP contribution in [0.1, 0.15) is 78.4 Å². The molecule has 5 atom stereocenters. The molecule has 460 valence electrons. The Labute approximate surface area is 493 Å². The maximum absolute atomic E-state index is 13.3. The van der Waals surface area contributed by atoms with E-state index in [0.29, 0.717) is 195 Å². The summed E-state index contributed by atoms with van der Waals surface area (Å²) in [6, 6.07) is 9.01. The van der Waals surface area contributed by atoms with Crippen molar-refractivity contribution in [3.63, 3.8) is 0 Å². The smallest absolute Gasteiger partial charge is 0.315 e. The van der Waals surface area contributed by atoms with Crippen molar-refractivity contribution in [3.05, 3.63) is 50.4 Å². The van der Waals surface area contributed by atoms with E-state index in [-0.39, 0.29) is 36.0 Å². The number of aromatic nitrogens is 1. The first-order valence-electron chi connectivity index (χ1n) is 29.4. The molecule has 81 heavy (non-hydrogen) atoms. The molecular formula is C57H93ClN6O15S2. The third-order valence-electron chi connectivity index (χ3n) is 14.5. The van der Waals surface area contributed by atoms with Gasteiger partial charge >= 0.3 is 6.03 Å². The van der Waals surface area contributed by atoms with Gasteiger partial charge in [-0.1, -0.05) is 30.2 Å². The second-order valence-corrected chi connectivity index (χ2v) is 23.4. The van der Waals surface area contributed by atoms with Crippen molar-refractivity contribution in [1.29, 1.82) is 0 Å². The quantitative estimate of drug-likeness (QED) is 0.0511. The number of thiazole rings is 1. The zero-order valence-corrected chi connectivity index (χ0v) is 50.4. The Morgan fingerprint density at radius 2 is 1.16 bits per heavy atom. The van der Waals surface area contributed by atoms with E-state index in [1.165, 1.54) is 15.4 Å². The molecule has 2 aromatic rings. The number of morpholine rings is 1. The summed E-state index contributed by atoms with van der Waals surface area (Å²) in [5.74, 6) is 1.40. The van der Waals surface area contributed by atoms with E-state index in [4.69, 9.17) is 73.4 Å². The molecule has 0 unspecified atom stereocenters. The van der Waals surface area contributed by atoms with Gasteiger partial charge in [0.15, 0.2) is 0 Å². The third kappa shape index (κ3) is 27.4. The summed E-state index contributed by atoms with van der Waals surface area (Å²) < 4.78 is 67.5. The third-order valence-corrected chi connectivity index (χ3v) is 17.5. The van der Waals surface area contributed by atoms with Gasteiger partial charge in [0.05, 0.1) is 175 Å². The SMILES string of the molecule is Cc1nc(C2CCC(N3C[C@H](C(=O)NCCOCCOCCOCCOCCOCCOCCOCCOCCOCCOCCOCCNC(=O)CCCC[C@H]4SC[C@@H]5NC(=O)N[C@H]54)OC[C@@H]3Cc3ccc(Cl)cc3)CC2)sc1C. The van der Waals surface area contributed by atoms with Crippen LogP contribution in [0.5, 0.6) is 0 Å². The van der Waals surface area contributed by atoms with Crippen LogP contribution >= 0.6 is 34.7 Å². The predicted octanol–water partition coefficient (Wildman–Crippen LogP) is 4.89. The Hall–Kier alpha value is -2.82. The Bertz CT molecular complexity index is 1990. The zero-order valence-electron chi connectivity index (χ0n) is 48.0. The number of aryl methyl sites for hydroxylation is 2. The second kappa shape index (κ2) is 41.3. The van der Waals surface area contributed by atoms with Crippen LogP contribution in [-0.2, 0) is 72.9 Å². The number of unbranched alkanes of at least 4 members (excludes halogenated alkanes) is 1. The first-order valence-corrected chi connectivity index (χ1v) is 31.6. The Balaban J connectivity index is 0.612. The highest BCUT2D eigenvalue weighted by molar-refractivity contribution is 8.00. The van der Waals surface area contributed by atoms with Gasteiger partial charge in [0.25, 0.3) is 5.91 Å². The fourth-order valence-electron chi connectivity index (χ4n) is 10.0. The molecule has 3 saturated heterocycles. The zero-order chi connectivity index (χ0) is 57.0. The number of ether oxygens (including phenoxy) is 12. The number of rotatable bonds is 46. The number of halogens is 1. The van der Waals surface area contributed by atoms with Gasteiger partial charge in [-0.25, -0.2) is 9.78 Å². The van der Waals surface area contributed by atoms with Crippen LogP contribution in [0.15, 0.2) is 24.3 Å². The van der Waals surface area contributed by atoms with Gasteiger partial charge in [0.2, 0.25) is 5.91 Å². The molecule has 21 nitrogen and oxygen atoms in total. The summed E-state index contributed by atoms with van der Waals surface area (Å²) in [4.78, 5) is 45.6. The van der Waals surface area contributed by atoms with Crippen molar-refractivity contribution in [3.8, 4) is 0 Å². The molecule has 0 radical (unpaired) electrons. The van der Waals surface area contributed by atoms with Crippen molar-refractivity contribution in [1.82, 2.24) is 31.2 Å². The predicted molar refractivity (Wildman–Crippen MR) is 311 cm³/mol. The molecule has 4 aliphatic rings. The minimum Gasteiger partial charge on any atom is -0.377 e. The summed E-state index contributed by atoms with van der Waals surface area (Å²) in [6.45, 7) is 16.3. The Morgan fingerprint density at radius 3 is 1.65 bits per heavy atom. The van der Waals surface area contributed by atoms with E-state index in [1.54, 1.807) is 0 Å². The molecule has 1 aromatic heterocycles. The number of urea groups is 1. The first kappa shape index (κ1) is 67.3. The van der Waals surface area contributed by atoms with Crippen LogP contribution in [0.2, 0.25) is 5.02 Å². The maximum atomic E-state index is 13.3. The van der Waals surface area contributed by atoms with E-state index in [2.05, 4.69) is 52.1 Å². The fourth-order valence-corrected chi connectivity index (χ4v) is 12.8. The first-order chi connectivity index (χ1) is 39.7. The van der Waals surface area contributed by atoms with Gasteiger partial charge in [-0.2, -0.15) is 11.8 Å². The number of fused-ring (bicyclic) bond motifs is 1. The lowest BCUT2D eigenvalue weighted by Crippen LogP contribution is -2.58. The lowest BCUT2D eigenvalue weighted by molar-refractivity contribution is -0.145. The van der Waals surface area contributed by atoms with E-state index in [0.717, 1.165) is 67.8 Å². The molecule has 4 amide bonds. The molecular weight excluding hydrogens is 1110 g/mol. The number of amides is 4. The number of hydrogen-bond acceptors (Lipinski definition) is 19. The molecule has 3 aliphatic heterocycles. The van der Waals surface area contributed by atoms with Crippen molar-refractivity contribution in [2.75, 3.05) is 177 Å². The molecule has 4 N–H and O–H groups in total. The molecule has 0 bridgehead atoms. The van der Waals surface area contributed by atoms with Crippen LogP contribution < -0.4 is 21.3 Å². The average Bonchev–Trinajstić information content (AvgIpc) is 4.16. The summed E-state index contributed by atoms with van der Waals surface area (Å²) >= 11 is 9.92. The van der Waals surface area contributed by atoms with E-state index < -0.39 is 6.10 Å². The topological polar surface area (TPSA) is 226 Å². The van der Waals surface area contributed by atoms with Gasteiger partial charge < -0.3 is 78.1 Å². The van der Waals surface area contributed by atoms with Crippen molar-refractivity contribution >= 4 is 52.5 Å². The summed E-state index contributed by atoms with van der Waals surface area (Å²) in [7, 11) is 0. The number of hydrogen-bond donors (Lipinski definition) is 4. The van der Waals surface area contributed by atoms with Gasteiger partial charge in [-0.05, 0) is 76.5 Å². The number of nitrogens with zero attached hydrogens (tertiary/aromatic N) is 2. The highest BCUT2D eigenvalue weighted by Crippen LogP contribution is 2.39. The van der Waals surface area contributed by atoms with Crippen molar-refractivity contribution in [2.24, 2.45) is 0 Å². The second-order valence-electron chi connectivity index (χ2n) is 20.4. The minimum absolute atomic E-state index is 0.0385. The van der Waals surface area contributed by atoms with E-state index in [9.17, 15) is 14.4 Å². The van der Waals surface area contributed by atoms with Crippen LogP contribution in [0, 0.1) is 13.8 Å². The highest BCUT2D eigenvalue weighted by Gasteiger charge is 2.43. The molecule has 24 heteroatoms. The number of carbonyl (C=O) groups is 3. The summed E-state index contributed by atoms with van der Waals surface area (Å²) in [6.07, 6.45) is 8.00. The average molecular weight is 1200 g/mol.